The van der Waals surface area contributed by atoms with E-state index in [1.165, 1.54) is 44.1 Å². The lowest BCUT2D eigenvalue weighted by Crippen LogP contribution is -2.50. The molecule has 4 heteroatoms. The van der Waals surface area contributed by atoms with Gasteiger partial charge < -0.3 is 5.32 Å². The summed E-state index contributed by atoms with van der Waals surface area (Å²) in [5, 5.41) is 12.4. The van der Waals surface area contributed by atoms with Gasteiger partial charge in [-0.05, 0) is 72.8 Å². The first kappa shape index (κ1) is 16.8. The monoisotopic (exact) mass is 340 g/mol. The maximum Gasteiger partial charge on any atom is 0.274 e. The summed E-state index contributed by atoms with van der Waals surface area (Å²) < 4.78 is 0. The van der Waals surface area contributed by atoms with Crippen molar-refractivity contribution in [2.45, 2.75) is 45.1 Å². The van der Waals surface area contributed by atoms with Crippen molar-refractivity contribution in [1.29, 1.82) is 0 Å². The number of hydrogen-bond donors (Lipinski definition) is 3. The lowest BCUT2D eigenvalue weighted by atomic mass is 9.49. The Morgan fingerprint density at radius 3 is 2.16 bits per heavy atom. The fourth-order valence-corrected chi connectivity index (χ4v) is 6.00. The highest BCUT2D eigenvalue weighted by molar-refractivity contribution is 6.18. The van der Waals surface area contributed by atoms with Crippen LogP contribution in [0.15, 0.2) is 30.8 Å². The largest absolute Gasteiger partial charge is 0.312 e. The van der Waals surface area contributed by atoms with Crippen LogP contribution >= 0.6 is 0 Å². The molecule has 0 unspecified atom stereocenters. The highest BCUT2D eigenvalue weighted by atomic mass is 16.5. The molecular weight excluding hydrogens is 312 g/mol. The van der Waals surface area contributed by atoms with Crippen molar-refractivity contribution in [1.82, 2.24) is 10.8 Å². The van der Waals surface area contributed by atoms with Crippen molar-refractivity contribution in [3.05, 3.63) is 42.0 Å². The predicted molar refractivity (Wildman–Crippen MR) is 97.7 cm³/mol. The maximum atomic E-state index is 11.4. The highest BCUT2D eigenvalue weighted by Gasteiger charge is 2.50. The second-order valence-corrected chi connectivity index (χ2v) is 8.64. The minimum atomic E-state index is -0.562. The zero-order valence-corrected chi connectivity index (χ0v) is 14.8. The summed E-state index contributed by atoms with van der Waals surface area (Å²) in [6, 6.07) is 7.83. The molecule has 1 amide bonds. The van der Waals surface area contributed by atoms with Crippen molar-refractivity contribution in [2.24, 2.45) is 23.2 Å². The standard InChI is InChI=1S/C21H28N2O2/c1-14(20(24)23-25)19-4-2-15(3-5-19)12-22-13-21-9-16-6-17(10-21)8-18(7-16)11-21/h2-5,16-18,22,25H,1,6-13H2,(H,23,24). The van der Waals surface area contributed by atoms with Gasteiger partial charge in [-0.1, -0.05) is 30.8 Å². The molecule has 0 radical (unpaired) electrons. The van der Waals surface area contributed by atoms with Crippen molar-refractivity contribution in [3.8, 4) is 0 Å². The van der Waals surface area contributed by atoms with Crippen molar-refractivity contribution >= 4 is 11.5 Å². The second-order valence-electron chi connectivity index (χ2n) is 8.64. The molecule has 4 nitrogen and oxygen atoms in total. The van der Waals surface area contributed by atoms with E-state index in [4.69, 9.17) is 5.21 Å². The molecule has 0 aliphatic heterocycles. The SMILES string of the molecule is C=C(C(=O)NO)c1ccc(CNCC23CC4CC(CC(C4)C2)C3)cc1. The second kappa shape index (κ2) is 6.58. The Labute approximate surface area is 149 Å². The third-order valence-corrected chi connectivity index (χ3v) is 6.67. The smallest absolute Gasteiger partial charge is 0.274 e. The molecule has 3 N–H and O–H groups in total. The molecule has 0 atom stereocenters. The third kappa shape index (κ3) is 3.38. The van der Waals surface area contributed by atoms with Crippen LogP contribution in [0, 0.1) is 23.2 Å². The van der Waals surface area contributed by atoms with Crippen LogP contribution in [0.25, 0.3) is 5.57 Å². The molecule has 1 aromatic carbocycles. The van der Waals surface area contributed by atoms with Gasteiger partial charge in [0.25, 0.3) is 5.91 Å². The Morgan fingerprint density at radius 1 is 1.08 bits per heavy atom. The van der Waals surface area contributed by atoms with Crippen LogP contribution in [-0.4, -0.2) is 17.7 Å². The van der Waals surface area contributed by atoms with Gasteiger partial charge in [0.05, 0.1) is 0 Å². The van der Waals surface area contributed by atoms with E-state index < -0.39 is 5.91 Å². The first-order chi connectivity index (χ1) is 12.1. The van der Waals surface area contributed by atoms with Gasteiger partial charge in [-0.15, -0.1) is 0 Å². The summed E-state index contributed by atoms with van der Waals surface area (Å²) in [5.74, 6) is 2.43. The number of hydrogen-bond acceptors (Lipinski definition) is 3. The number of carbonyl (C=O) groups is 1. The first-order valence-electron chi connectivity index (χ1n) is 9.50. The van der Waals surface area contributed by atoms with Crippen molar-refractivity contribution < 1.29 is 10.0 Å². The van der Waals surface area contributed by atoms with Crippen LogP contribution < -0.4 is 10.8 Å². The van der Waals surface area contributed by atoms with Gasteiger partial charge in [0.2, 0.25) is 0 Å². The normalized spacial score (nSPS) is 32.6. The van der Waals surface area contributed by atoms with E-state index in [-0.39, 0.29) is 5.57 Å². The lowest BCUT2D eigenvalue weighted by molar-refractivity contribution is -0.123. The Morgan fingerprint density at radius 2 is 1.64 bits per heavy atom. The Bertz CT molecular complexity index is 630. The first-order valence-corrected chi connectivity index (χ1v) is 9.50. The molecule has 4 bridgehead atoms. The Hall–Kier alpha value is -1.65. The molecule has 0 aromatic heterocycles. The number of hydroxylamine groups is 1. The van der Waals surface area contributed by atoms with Gasteiger partial charge >= 0.3 is 0 Å². The van der Waals surface area contributed by atoms with E-state index in [1.54, 1.807) is 5.48 Å². The molecule has 25 heavy (non-hydrogen) atoms. The molecule has 4 aliphatic carbocycles. The van der Waals surface area contributed by atoms with Gasteiger partial charge in [0, 0.05) is 18.7 Å². The molecule has 4 fully saturated rings. The van der Waals surface area contributed by atoms with Crippen LogP contribution in [-0.2, 0) is 11.3 Å². The van der Waals surface area contributed by atoms with E-state index >= 15 is 0 Å². The zero-order valence-electron chi connectivity index (χ0n) is 14.8. The highest BCUT2D eigenvalue weighted by Crippen LogP contribution is 2.59. The molecule has 1 aromatic rings. The minimum Gasteiger partial charge on any atom is -0.312 e. The quantitative estimate of drug-likeness (QED) is 0.422. The van der Waals surface area contributed by atoms with Crippen molar-refractivity contribution in [3.63, 3.8) is 0 Å². The summed E-state index contributed by atoms with van der Waals surface area (Å²) >= 11 is 0. The fourth-order valence-electron chi connectivity index (χ4n) is 6.00. The zero-order chi connectivity index (χ0) is 17.4. The number of rotatable bonds is 6. The molecule has 0 saturated heterocycles. The summed E-state index contributed by atoms with van der Waals surface area (Å²) in [6.07, 6.45) is 8.77. The number of nitrogens with one attached hydrogen (secondary N) is 2. The molecule has 0 spiro atoms. The van der Waals surface area contributed by atoms with E-state index in [2.05, 4.69) is 11.9 Å². The van der Waals surface area contributed by atoms with E-state index in [0.29, 0.717) is 5.41 Å². The van der Waals surface area contributed by atoms with Crippen molar-refractivity contribution in [2.75, 3.05) is 6.54 Å². The van der Waals surface area contributed by atoms with Crippen LogP contribution in [0.5, 0.6) is 0 Å². The minimum absolute atomic E-state index is 0.274. The van der Waals surface area contributed by atoms with Gasteiger partial charge in [-0.2, -0.15) is 0 Å². The summed E-state index contributed by atoms with van der Waals surface area (Å²) in [5.41, 5.74) is 4.40. The van der Waals surface area contributed by atoms with E-state index in [0.717, 1.165) is 36.4 Å². The van der Waals surface area contributed by atoms with Crippen LogP contribution in [0.2, 0.25) is 0 Å². The third-order valence-electron chi connectivity index (χ3n) is 6.67. The maximum absolute atomic E-state index is 11.4. The summed E-state index contributed by atoms with van der Waals surface area (Å²) in [4.78, 5) is 11.4. The number of amides is 1. The average Bonchev–Trinajstić information content (AvgIpc) is 2.59. The molecule has 134 valence electrons. The molecule has 4 aliphatic rings. The molecular formula is C21H28N2O2. The Balaban J connectivity index is 1.32. The van der Waals surface area contributed by atoms with Gasteiger partial charge in [0.15, 0.2) is 0 Å². The van der Waals surface area contributed by atoms with Gasteiger partial charge in [-0.3, -0.25) is 10.0 Å². The van der Waals surface area contributed by atoms with E-state index in [1.807, 2.05) is 24.3 Å². The van der Waals surface area contributed by atoms with Crippen LogP contribution in [0.3, 0.4) is 0 Å². The predicted octanol–water partition coefficient (Wildman–Crippen LogP) is 3.51. The molecule has 5 rings (SSSR count). The van der Waals surface area contributed by atoms with Gasteiger partial charge in [0.1, 0.15) is 0 Å². The van der Waals surface area contributed by atoms with E-state index in [9.17, 15) is 4.79 Å². The van der Waals surface area contributed by atoms with Crippen LogP contribution in [0.1, 0.15) is 49.7 Å². The Kier molecular flexibility index (Phi) is 4.42. The van der Waals surface area contributed by atoms with Crippen LogP contribution in [0.4, 0.5) is 0 Å². The lowest BCUT2D eigenvalue weighted by Gasteiger charge is -2.57. The number of carbonyl (C=O) groups excluding carboxylic acids is 1. The summed E-state index contributed by atoms with van der Waals surface area (Å²) in [6.45, 7) is 5.70. The fraction of sp³-hybridized carbons (Fsp3) is 0.571. The average molecular weight is 340 g/mol. The number of benzene rings is 1. The molecule has 4 saturated carbocycles. The topological polar surface area (TPSA) is 61.4 Å². The summed E-state index contributed by atoms with van der Waals surface area (Å²) in [7, 11) is 0. The van der Waals surface area contributed by atoms with Gasteiger partial charge in [-0.25, -0.2) is 5.48 Å². The molecule has 0 heterocycles.